The summed E-state index contributed by atoms with van der Waals surface area (Å²) < 4.78 is 23.7. The van der Waals surface area contributed by atoms with Crippen molar-refractivity contribution in [3.8, 4) is 0 Å². The van der Waals surface area contributed by atoms with Crippen LogP contribution in [0.15, 0.2) is 24.3 Å². The minimum atomic E-state index is -3.06. The van der Waals surface area contributed by atoms with Gasteiger partial charge in [-0.05, 0) is 37.0 Å². The third-order valence-electron chi connectivity index (χ3n) is 5.53. The number of aryl methyl sites for hydroxylation is 1. The average molecular weight is 393 g/mol. The smallest absolute Gasteiger partial charge is 0.228 e. The average Bonchev–Trinajstić information content (AvgIpc) is 3.21. The topological polar surface area (TPSA) is 74.8 Å². The molecule has 0 bridgehead atoms. The van der Waals surface area contributed by atoms with Gasteiger partial charge in [-0.2, -0.15) is 0 Å². The summed E-state index contributed by atoms with van der Waals surface area (Å²) in [4.78, 5) is 29.0. The van der Waals surface area contributed by atoms with Gasteiger partial charge in [-0.15, -0.1) is 0 Å². The van der Waals surface area contributed by atoms with Gasteiger partial charge in [0.05, 0.1) is 17.4 Å². The van der Waals surface area contributed by atoms with Crippen molar-refractivity contribution >= 4 is 27.3 Å². The van der Waals surface area contributed by atoms with Gasteiger partial charge in [0.1, 0.15) is 0 Å². The first-order valence-electron chi connectivity index (χ1n) is 9.74. The van der Waals surface area contributed by atoms with Gasteiger partial charge in [-0.1, -0.05) is 26.0 Å². The lowest BCUT2D eigenvalue weighted by Crippen LogP contribution is -2.45. The molecular formula is C20H28N2O4S. The van der Waals surface area contributed by atoms with Crippen LogP contribution in [0.25, 0.3) is 0 Å². The van der Waals surface area contributed by atoms with E-state index in [9.17, 15) is 18.0 Å². The van der Waals surface area contributed by atoms with Crippen molar-refractivity contribution < 1.29 is 18.0 Å². The Morgan fingerprint density at radius 3 is 2.48 bits per heavy atom. The Bertz CT molecular complexity index is 804. The van der Waals surface area contributed by atoms with E-state index in [1.807, 2.05) is 31.2 Å². The van der Waals surface area contributed by atoms with Gasteiger partial charge in [0.15, 0.2) is 9.84 Å². The number of sulfone groups is 1. The molecule has 2 unspecified atom stereocenters. The molecule has 1 aromatic carbocycles. The Kier molecular flexibility index (Phi) is 5.89. The van der Waals surface area contributed by atoms with Crippen LogP contribution < -0.4 is 4.90 Å². The van der Waals surface area contributed by atoms with E-state index in [2.05, 4.69) is 6.92 Å². The van der Waals surface area contributed by atoms with Gasteiger partial charge in [-0.3, -0.25) is 9.59 Å². The van der Waals surface area contributed by atoms with Crippen LogP contribution in [0.1, 0.15) is 38.7 Å². The second-order valence-corrected chi connectivity index (χ2v) is 9.74. The minimum absolute atomic E-state index is 0.0433. The van der Waals surface area contributed by atoms with E-state index >= 15 is 0 Å². The summed E-state index contributed by atoms with van der Waals surface area (Å²) in [6.07, 6.45) is 2.39. The van der Waals surface area contributed by atoms with Gasteiger partial charge in [0.25, 0.3) is 0 Å². The number of carbonyl (C=O) groups excluding carboxylic acids is 2. The SMILES string of the molecule is CCCN(C(=O)C1CC(=O)N(c2ccc(CC)cc2)C1)C1CCS(=O)(=O)C1. The molecule has 2 aliphatic heterocycles. The van der Waals surface area contributed by atoms with E-state index in [-0.39, 0.29) is 35.8 Å². The molecule has 2 saturated heterocycles. The standard InChI is InChI=1S/C20H28N2O4S/c1-3-10-21(18-9-11-27(25,26)14-18)20(24)16-12-19(23)22(13-16)17-7-5-15(4-2)6-8-17/h5-8,16,18H,3-4,9-14H2,1-2H3. The second-order valence-electron chi connectivity index (χ2n) is 7.51. The van der Waals surface area contributed by atoms with Crippen molar-refractivity contribution in [2.45, 2.75) is 45.6 Å². The molecule has 1 aromatic rings. The summed E-state index contributed by atoms with van der Waals surface area (Å²) in [7, 11) is -3.06. The molecular weight excluding hydrogens is 364 g/mol. The number of carbonyl (C=O) groups is 2. The molecule has 0 radical (unpaired) electrons. The maximum atomic E-state index is 13.1. The van der Waals surface area contributed by atoms with Crippen LogP contribution >= 0.6 is 0 Å². The van der Waals surface area contributed by atoms with Crippen molar-refractivity contribution in [1.29, 1.82) is 0 Å². The summed E-state index contributed by atoms with van der Waals surface area (Å²) in [5.74, 6) is -0.349. The molecule has 2 atom stereocenters. The summed E-state index contributed by atoms with van der Waals surface area (Å²) in [5, 5.41) is 0. The van der Waals surface area contributed by atoms with E-state index in [1.165, 1.54) is 5.56 Å². The quantitative estimate of drug-likeness (QED) is 0.742. The monoisotopic (exact) mass is 392 g/mol. The van der Waals surface area contributed by atoms with Crippen LogP contribution in [0.4, 0.5) is 5.69 Å². The van der Waals surface area contributed by atoms with Crippen molar-refractivity contribution in [1.82, 2.24) is 4.90 Å². The highest BCUT2D eigenvalue weighted by atomic mass is 32.2. The highest BCUT2D eigenvalue weighted by Gasteiger charge is 2.41. The fourth-order valence-electron chi connectivity index (χ4n) is 4.00. The van der Waals surface area contributed by atoms with Crippen LogP contribution in [0.5, 0.6) is 0 Å². The number of amides is 2. The Balaban J connectivity index is 1.73. The van der Waals surface area contributed by atoms with Crippen LogP contribution in [-0.2, 0) is 25.8 Å². The van der Waals surface area contributed by atoms with Crippen molar-refractivity contribution in [3.05, 3.63) is 29.8 Å². The zero-order valence-electron chi connectivity index (χ0n) is 16.1. The molecule has 3 rings (SSSR count). The van der Waals surface area contributed by atoms with E-state index in [1.54, 1.807) is 9.80 Å². The molecule has 2 fully saturated rings. The predicted molar refractivity (Wildman–Crippen MR) is 105 cm³/mol. The minimum Gasteiger partial charge on any atom is -0.338 e. The zero-order chi connectivity index (χ0) is 19.6. The summed E-state index contributed by atoms with van der Waals surface area (Å²) in [5.41, 5.74) is 2.02. The first-order chi connectivity index (χ1) is 12.8. The van der Waals surface area contributed by atoms with Crippen LogP contribution in [-0.4, -0.2) is 55.8 Å². The van der Waals surface area contributed by atoms with E-state index in [0.717, 1.165) is 18.5 Å². The summed E-state index contributed by atoms with van der Waals surface area (Å²) in [6, 6.07) is 7.61. The first-order valence-corrected chi connectivity index (χ1v) is 11.6. The summed E-state index contributed by atoms with van der Waals surface area (Å²) >= 11 is 0. The molecule has 0 N–H and O–H groups in total. The highest BCUT2D eigenvalue weighted by molar-refractivity contribution is 7.91. The van der Waals surface area contributed by atoms with E-state index < -0.39 is 15.8 Å². The maximum absolute atomic E-state index is 13.1. The molecule has 0 aliphatic carbocycles. The molecule has 0 aromatic heterocycles. The fourth-order valence-corrected chi connectivity index (χ4v) is 5.73. The number of nitrogens with zero attached hydrogens (tertiary/aromatic N) is 2. The lowest BCUT2D eigenvalue weighted by atomic mass is 10.0. The van der Waals surface area contributed by atoms with Crippen LogP contribution in [0, 0.1) is 5.92 Å². The van der Waals surface area contributed by atoms with E-state index in [0.29, 0.717) is 19.5 Å². The van der Waals surface area contributed by atoms with Crippen molar-refractivity contribution in [2.75, 3.05) is 29.5 Å². The molecule has 7 heteroatoms. The number of rotatable bonds is 6. The Hall–Kier alpha value is -1.89. The summed E-state index contributed by atoms with van der Waals surface area (Å²) in [6.45, 7) is 4.96. The Labute approximate surface area is 161 Å². The maximum Gasteiger partial charge on any atom is 0.228 e. The van der Waals surface area contributed by atoms with Crippen molar-refractivity contribution in [2.24, 2.45) is 5.92 Å². The van der Waals surface area contributed by atoms with Gasteiger partial charge >= 0.3 is 0 Å². The molecule has 6 nitrogen and oxygen atoms in total. The molecule has 2 heterocycles. The van der Waals surface area contributed by atoms with Crippen LogP contribution in [0.2, 0.25) is 0 Å². The van der Waals surface area contributed by atoms with Crippen molar-refractivity contribution in [3.63, 3.8) is 0 Å². The normalized spacial score (nSPS) is 24.4. The second kappa shape index (κ2) is 8.00. The molecule has 27 heavy (non-hydrogen) atoms. The number of anilines is 1. The molecule has 148 valence electrons. The van der Waals surface area contributed by atoms with Gasteiger partial charge < -0.3 is 9.80 Å². The molecule has 0 spiro atoms. The lowest BCUT2D eigenvalue weighted by Gasteiger charge is -2.30. The van der Waals surface area contributed by atoms with E-state index in [4.69, 9.17) is 0 Å². The third kappa shape index (κ3) is 4.34. The van der Waals surface area contributed by atoms with Crippen LogP contribution in [0.3, 0.4) is 0 Å². The Morgan fingerprint density at radius 1 is 1.22 bits per heavy atom. The molecule has 0 saturated carbocycles. The highest BCUT2D eigenvalue weighted by Crippen LogP contribution is 2.28. The van der Waals surface area contributed by atoms with Gasteiger partial charge in [0, 0.05) is 31.2 Å². The van der Waals surface area contributed by atoms with Gasteiger partial charge in [-0.25, -0.2) is 8.42 Å². The molecule has 2 aliphatic rings. The zero-order valence-corrected chi connectivity index (χ0v) is 16.9. The first kappa shape index (κ1) is 19.9. The molecule has 2 amide bonds. The number of hydrogen-bond donors (Lipinski definition) is 0. The number of benzene rings is 1. The largest absolute Gasteiger partial charge is 0.338 e. The Morgan fingerprint density at radius 2 is 1.93 bits per heavy atom. The predicted octanol–water partition coefficient (Wildman–Crippen LogP) is 2.03. The lowest BCUT2D eigenvalue weighted by molar-refractivity contribution is -0.137. The number of hydrogen-bond acceptors (Lipinski definition) is 4. The van der Waals surface area contributed by atoms with Gasteiger partial charge in [0.2, 0.25) is 11.8 Å². The fraction of sp³-hybridized carbons (Fsp3) is 0.600. The third-order valence-corrected chi connectivity index (χ3v) is 7.28.